The van der Waals surface area contributed by atoms with Gasteiger partial charge in [0.25, 0.3) is 5.69 Å². The molecule has 1 aromatic rings. The van der Waals surface area contributed by atoms with Gasteiger partial charge >= 0.3 is 5.97 Å². The number of aliphatic carboxylic acids is 1. The average Bonchev–Trinajstić information content (AvgIpc) is 2.80. The minimum Gasteiger partial charge on any atom is -0.481 e. The van der Waals surface area contributed by atoms with Crippen LogP contribution in [0.4, 0.5) is 11.4 Å². The van der Waals surface area contributed by atoms with E-state index in [1.165, 1.54) is 24.0 Å². The van der Waals surface area contributed by atoms with Crippen LogP contribution >= 0.6 is 0 Å². The number of nitrogens with zero attached hydrogens (tertiary/aromatic N) is 2. The number of hydrogen-bond acceptors (Lipinski definition) is 5. The molecule has 1 fully saturated rings. The van der Waals surface area contributed by atoms with Crippen molar-refractivity contribution in [1.29, 1.82) is 0 Å². The summed E-state index contributed by atoms with van der Waals surface area (Å²) in [4.78, 5) is 45.8. The normalized spacial score (nSPS) is 17.9. The van der Waals surface area contributed by atoms with E-state index in [1.807, 2.05) is 0 Å². The van der Waals surface area contributed by atoms with Crippen molar-refractivity contribution in [3.8, 4) is 0 Å². The Kier molecular flexibility index (Phi) is 3.70. The van der Waals surface area contributed by atoms with Gasteiger partial charge in [0.1, 0.15) is 0 Å². The summed E-state index contributed by atoms with van der Waals surface area (Å²) in [7, 11) is 0. The van der Waals surface area contributed by atoms with E-state index in [4.69, 9.17) is 5.11 Å². The summed E-state index contributed by atoms with van der Waals surface area (Å²) in [5, 5.41) is 19.7. The predicted octanol–water partition coefficient (Wildman–Crippen LogP) is 1.23. The topological polar surface area (TPSA) is 118 Å². The predicted molar refractivity (Wildman–Crippen MR) is 71.2 cm³/mol. The van der Waals surface area contributed by atoms with Gasteiger partial charge in [0.15, 0.2) is 5.78 Å². The smallest absolute Gasteiger partial charge is 0.308 e. The van der Waals surface area contributed by atoms with Gasteiger partial charge < -0.3 is 10.0 Å². The van der Waals surface area contributed by atoms with Crippen molar-refractivity contribution >= 4 is 29.0 Å². The molecule has 0 aliphatic carbocycles. The molecule has 1 saturated heterocycles. The number of anilines is 1. The molecule has 1 heterocycles. The molecule has 1 aliphatic rings. The third-order valence-electron chi connectivity index (χ3n) is 3.34. The zero-order valence-corrected chi connectivity index (χ0v) is 11.1. The lowest BCUT2D eigenvalue weighted by molar-refractivity contribution is -0.384. The molecule has 2 rings (SSSR count). The van der Waals surface area contributed by atoms with Crippen LogP contribution in [0, 0.1) is 16.0 Å². The van der Waals surface area contributed by atoms with E-state index in [0.29, 0.717) is 0 Å². The van der Waals surface area contributed by atoms with E-state index >= 15 is 0 Å². The van der Waals surface area contributed by atoms with E-state index in [0.717, 1.165) is 6.07 Å². The van der Waals surface area contributed by atoms with E-state index in [-0.39, 0.29) is 29.9 Å². The van der Waals surface area contributed by atoms with Crippen LogP contribution in [0.5, 0.6) is 0 Å². The number of Topliss-reactive ketones (excluding diaryl/α,β-unsaturated/α-hetero) is 1. The second kappa shape index (κ2) is 5.31. The first-order chi connectivity index (χ1) is 9.81. The highest BCUT2D eigenvalue weighted by Gasteiger charge is 2.36. The Morgan fingerprint density at radius 1 is 1.43 bits per heavy atom. The molecule has 0 saturated carbocycles. The standard InChI is InChI=1S/C13H12N2O6/c1-7(16)10-5-9(15(20)21)2-3-11(10)14-6-8(13(18)19)4-12(14)17/h2-3,5,8H,4,6H2,1H3,(H,18,19). The maximum atomic E-state index is 11.9. The number of ketones is 1. The molecule has 1 atom stereocenters. The van der Waals surface area contributed by atoms with Crippen molar-refractivity contribution in [2.75, 3.05) is 11.4 Å². The van der Waals surface area contributed by atoms with Crippen LogP contribution in [0.15, 0.2) is 18.2 Å². The minimum absolute atomic E-state index is 0.0311. The summed E-state index contributed by atoms with van der Waals surface area (Å²) in [6.45, 7) is 1.18. The number of carbonyl (C=O) groups excluding carboxylic acids is 2. The fraction of sp³-hybridized carbons (Fsp3) is 0.308. The van der Waals surface area contributed by atoms with E-state index < -0.39 is 28.5 Å². The number of amides is 1. The highest BCUT2D eigenvalue weighted by atomic mass is 16.6. The molecule has 0 spiro atoms. The third kappa shape index (κ3) is 2.73. The molecule has 1 amide bonds. The second-order valence-electron chi connectivity index (χ2n) is 4.76. The van der Waals surface area contributed by atoms with Gasteiger partial charge in [-0.15, -0.1) is 0 Å². The number of non-ortho nitro benzene ring substituents is 1. The summed E-state index contributed by atoms with van der Waals surface area (Å²) in [6, 6.07) is 3.58. The number of carboxylic acid groups (broad SMARTS) is 1. The highest BCUT2D eigenvalue weighted by molar-refractivity contribution is 6.07. The second-order valence-corrected chi connectivity index (χ2v) is 4.76. The number of rotatable bonds is 4. The zero-order valence-electron chi connectivity index (χ0n) is 11.1. The van der Waals surface area contributed by atoms with Gasteiger partial charge in [0.2, 0.25) is 5.91 Å². The van der Waals surface area contributed by atoms with E-state index in [2.05, 4.69) is 0 Å². The summed E-state index contributed by atoms with van der Waals surface area (Å²) >= 11 is 0. The quantitative estimate of drug-likeness (QED) is 0.506. The lowest BCUT2D eigenvalue weighted by atomic mass is 10.1. The maximum Gasteiger partial charge on any atom is 0.308 e. The van der Waals surface area contributed by atoms with Crippen LogP contribution in [0.3, 0.4) is 0 Å². The fourth-order valence-electron chi connectivity index (χ4n) is 2.26. The van der Waals surface area contributed by atoms with Gasteiger partial charge in [-0.25, -0.2) is 0 Å². The number of benzene rings is 1. The molecular weight excluding hydrogens is 280 g/mol. The first-order valence-corrected chi connectivity index (χ1v) is 6.13. The first kappa shape index (κ1) is 14.6. The molecule has 0 bridgehead atoms. The Morgan fingerprint density at radius 3 is 2.57 bits per heavy atom. The molecule has 110 valence electrons. The molecule has 1 N–H and O–H groups in total. The Hall–Kier alpha value is -2.77. The summed E-state index contributed by atoms with van der Waals surface area (Å²) in [5.41, 5.74) is -0.0178. The number of nitro benzene ring substituents is 1. The number of carboxylic acids is 1. The summed E-state index contributed by atoms with van der Waals surface area (Å²) in [5.74, 6) is -2.77. The average molecular weight is 292 g/mol. The molecule has 0 aromatic heterocycles. The molecule has 1 aliphatic heterocycles. The summed E-state index contributed by atoms with van der Waals surface area (Å²) in [6.07, 6.45) is -0.149. The first-order valence-electron chi connectivity index (χ1n) is 6.13. The molecule has 21 heavy (non-hydrogen) atoms. The van der Waals surface area contributed by atoms with Crippen LogP contribution in [-0.2, 0) is 9.59 Å². The van der Waals surface area contributed by atoms with Gasteiger partial charge in [-0.2, -0.15) is 0 Å². The van der Waals surface area contributed by atoms with Gasteiger partial charge in [-0.05, 0) is 13.0 Å². The highest BCUT2D eigenvalue weighted by Crippen LogP contribution is 2.31. The van der Waals surface area contributed by atoms with Crippen molar-refractivity contribution in [2.24, 2.45) is 5.92 Å². The van der Waals surface area contributed by atoms with Crippen LogP contribution in [-0.4, -0.2) is 34.2 Å². The van der Waals surface area contributed by atoms with Crippen LogP contribution in [0.1, 0.15) is 23.7 Å². The molecule has 8 heteroatoms. The Labute approximate surface area is 119 Å². The van der Waals surface area contributed by atoms with Gasteiger partial charge in [0, 0.05) is 30.7 Å². The lowest BCUT2D eigenvalue weighted by Gasteiger charge is -2.18. The third-order valence-corrected chi connectivity index (χ3v) is 3.34. The Balaban J connectivity index is 2.44. The molecule has 1 unspecified atom stereocenters. The number of carbonyl (C=O) groups is 3. The van der Waals surface area contributed by atoms with Crippen LogP contribution in [0.2, 0.25) is 0 Å². The SMILES string of the molecule is CC(=O)c1cc([N+](=O)[O-])ccc1N1CC(C(=O)O)CC1=O. The van der Waals surface area contributed by atoms with Crippen LogP contribution in [0.25, 0.3) is 0 Å². The Morgan fingerprint density at radius 2 is 2.10 bits per heavy atom. The zero-order chi connectivity index (χ0) is 15.7. The largest absolute Gasteiger partial charge is 0.481 e. The number of hydrogen-bond donors (Lipinski definition) is 1. The van der Waals surface area contributed by atoms with Crippen molar-refractivity contribution in [3.05, 3.63) is 33.9 Å². The monoisotopic (exact) mass is 292 g/mol. The molecule has 1 aromatic carbocycles. The lowest BCUT2D eigenvalue weighted by Crippen LogP contribution is -2.27. The van der Waals surface area contributed by atoms with E-state index in [9.17, 15) is 24.5 Å². The van der Waals surface area contributed by atoms with Gasteiger partial charge in [-0.3, -0.25) is 24.5 Å². The van der Waals surface area contributed by atoms with Gasteiger partial charge in [0.05, 0.1) is 16.5 Å². The fourth-order valence-corrected chi connectivity index (χ4v) is 2.26. The van der Waals surface area contributed by atoms with Crippen molar-refractivity contribution in [1.82, 2.24) is 0 Å². The van der Waals surface area contributed by atoms with Crippen molar-refractivity contribution in [3.63, 3.8) is 0 Å². The molecular formula is C13H12N2O6. The Bertz CT molecular complexity index is 654. The summed E-state index contributed by atoms with van der Waals surface area (Å²) < 4.78 is 0. The maximum absolute atomic E-state index is 11.9. The number of nitro groups is 1. The minimum atomic E-state index is -1.09. The van der Waals surface area contributed by atoms with Gasteiger partial charge in [-0.1, -0.05) is 0 Å². The van der Waals surface area contributed by atoms with Crippen LogP contribution < -0.4 is 4.90 Å². The van der Waals surface area contributed by atoms with Crippen molar-refractivity contribution in [2.45, 2.75) is 13.3 Å². The van der Waals surface area contributed by atoms with E-state index in [1.54, 1.807) is 0 Å². The molecule has 8 nitrogen and oxygen atoms in total. The van der Waals surface area contributed by atoms with Crippen molar-refractivity contribution < 1.29 is 24.4 Å². The molecule has 0 radical (unpaired) electrons.